The highest BCUT2D eigenvalue weighted by Crippen LogP contribution is 2.32. The van der Waals surface area contributed by atoms with Gasteiger partial charge in [0.25, 0.3) is 0 Å². The van der Waals surface area contributed by atoms with Crippen molar-refractivity contribution in [2.75, 3.05) is 36.0 Å². The van der Waals surface area contributed by atoms with Crippen molar-refractivity contribution in [3.05, 3.63) is 76.4 Å². The van der Waals surface area contributed by atoms with Gasteiger partial charge < -0.3 is 9.80 Å². The van der Waals surface area contributed by atoms with E-state index < -0.39 is 0 Å². The Balaban J connectivity index is 1.55. The topological polar surface area (TPSA) is 19.4 Å². The fraction of sp³-hybridized carbons (Fsp3) is 0.320. The lowest BCUT2D eigenvalue weighted by Gasteiger charge is -2.38. The van der Waals surface area contributed by atoms with Crippen LogP contribution in [0.2, 0.25) is 0 Å². The zero-order valence-corrected chi connectivity index (χ0v) is 19.0. The second-order valence-electron chi connectivity index (χ2n) is 8.09. The molecule has 1 aliphatic rings. The lowest BCUT2D eigenvalue weighted by atomic mass is 10.00. The van der Waals surface area contributed by atoms with Gasteiger partial charge in [0.1, 0.15) is 4.60 Å². The van der Waals surface area contributed by atoms with E-state index in [1.807, 2.05) is 6.07 Å². The van der Waals surface area contributed by atoms with Gasteiger partial charge in [-0.05, 0) is 58.6 Å². The molecule has 0 unspecified atom stereocenters. The second kappa shape index (κ2) is 8.58. The normalized spacial score (nSPS) is 14.5. The fourth-order valence-corrected chi connectivity index (χ4v) is 4.19. The van der Waals surface area contributed by atoms with Crippen LogP contribution in [0.1, 0.15) is 30.9 Å². The van der Waals surface area contributed by atoms with Gasteiger partial charge in [0.05, 0.1) is 11.4 Å². The van der Waals surface area contributed by atoms with Crippen LogP contribution in [0.3, 0.4) is 0 Å². The first-order chi connectivity index (χ1) is 14.0. The number of pyridine rings is 1. The molecule has 0 atom stereocenters. The van der Waals surface area contributed by atoms with E-state index in [0.717, 1.165) is 36.5 Å². The monoisotopic (exact) mass is 449 g/mol. The lowest BCUT2D eigenvalue weighted by Crippen LogP contribution is -2.46. The molecule has 4 rings (SSSR count). The summed E-state index contributed by atoms with van der Waals surface area (Å²) < 4.78 is 0.877. The molecule has 29 heavy (non-hydrogen) atoms. The average molecular weight is 450 g/mol. The molecular weight excluding hydrogens is 422 g/mol. The Morgan fingerprint density at radius 2 is 1.41 bits per heavy atom. The lowest BCUT2D eigenvalue weighted by molar-refractivity contribution is 0.653. The predicted octanol–water partition coefficient (Wildman–Crippen LogP) is 6.27. The molecule has 2 heterocycles. The summed E-state index contributed by atoms with van der Waals surface area (Å²) in [6.45, 7) is 10.6. The summed E-state index contributed by atoms with van der Waals surface area (Å²) in [6, 6.07) is 22.0. The van der Waals surface area contributed by atoms with E-state index in [0.29, 0.717) is 5.92 Å². The Morgan fingerprint density at radius 3 is 2.03 bits per heavy atom. The molecule has 0 radical (unpaired) electrons. The van der Waals surface area contributed by atoms with E-state index in [2.05, 4.69) is 101 Å². The van der Waals surface area contributed by atoms with E-state index >= 15 is 0 Å². The van der Waals surface area contributed by atoms with Gasteiger partial charge in [-0.2, -0.15) is 0 Å². The Labute approximate surface area is 182 Å². The van der Waals surface area contributed by atoms with Crippen LogP contribution in [0, 0.1) is 6.92 Å². The summed E-state index contributed by atoms with van der Waals surface area (Å²) in [5.41, 5.74) is 7.42. The summed E-state index contributed by atoms with van der Waals surface area (Å²) in [7, 11) is 0. The first kappa shape index (κ1) is 20.0. The number of rotatable bonds is 4. The second-order valence-corrected chi connectivity index (χ2v) is 8.90. The number of aromatic nitrogens is 1. The Bertz CT molecular complexity index is 956. The van der Waals surface area contributed by atoms with E-state index in [1.54, 1.807) is 0 Å². The standard InChI is InChI=1S/C25H28BrN3/c1-18(2)20-6-8-21(9-7-20)25-23(12-13-24(26)27-25)29-16-14-28(15-17-29)22-10-4-19(3)5-11-22/h4-13,18H,14-17H2,1-3H3. The molecule has 0 N–H and O–H groups in total. The molecule has 0 amide bonds. The van der Waals surface area contributed by atoms with Crippen molar-refractivity contribution in [2.24, 2.45) is 0 Å². The highest BCUT2D eigenvalue weighted by atomic mass is 79.9. The van der Waals surface area contributed by atoms with E-state index in [4.69, 9.17) is 4.98 Å². The molecule has 1 aromatic heterocycles. The molecule has 0 saturated carbocycles. The van der Waals surface area contributed by atoms with Crippen molar-refractivity contribution >= 4 is 27.3 Å². The number of hydrogen-bond acceptors (Lipinski definition) is 3. The van der Waals surface area contributed by atoms with Crippen LogP contribution in [0.4, 0.5) is 11.4 Å². The fourth-order valence-electron chi connectivity index (χ4n) is 3.88. The molecule has 0 aliphatic carbocycles. The maximum Gasteiger partial charge on any atom is 0.106 e. The minimum atomic E-state index is 0.536. The molecule has 2 aromatic carbocycles. The Kier molecular flexibility index (Phi) is 5.91. The number of aryl methyl sites for hydroxylation is 1. The Hall–Kier alpha value is -2.33. The number of halogens is 1. The van der Waals surface area contributed by atoms with Gasteiger partial charge in [-0.3, -0.25) is 0 Å². The minimum absolute atomic E-state index is 0.536. The molecular formula is C25H28BrN3. The SMILES string of the molecule is Cc1ccc(N2CCN(c3ccc(Br)nc3-c3ccc(C(C)C)cc3)CC2)cc1. The summed E-state index contributed by atoms with van der Waals surface area (Å²) in [5.74, 6) is 0.536. The van der Waals surface area contributed by atoms with Gasteiger partial charge in [0, 0.05) is 37.4 Å². The number of hydrogen-bond donors (Lipinski definition) is 0. The van der Waals surface area contributed by atoms with Crippen LogP contribution >= 0.6 is 15.9 Å². The van der Waals surface area contributed by atoms with Crippen molar-refractivity contribution in [1.82, 2.24) is 4.98 Å². The summed E-state index contributed by atoms with van der Waals surface area (Å²) in [5, 5.41) is 0. The summed E-state index contributed by atoms with van der Waals surface area (Å²) >= 11 is 3.56. The highest BCUT2D eigenvalue weighted by molar-refractivity contribution is 9.10. The molecule has 3 nitrogen and oxygen atoms in total. The van der Waals surface area contributed by atoms with Crippen LogP contribution < -0.4 is 9.80 Å². The van der Waals surface area contributed by atoms with E-state index in [9.17, 15) is 0 Å². The molecule has 1 fully saturated rings. The summed E-state index contributed by atoms with van der Waals surface area (Å²) in [4.78, 5) is 9.78. The Morgan fingerprint density at radius 1 is 0.793 bits per heavy atom. The number of benzene rings is 2. The van der Waals surface area contributed by atoms with Crippen molar-refractivity contribution < 1.29 is 0 Å². The van der Waals surface area contributed by atoms with Gasteiger partial charge in [-0.25, -0.2) is 4.98 Å². The smallest absolute Gasteiger partial charge is 0.106 e. The zero-order valence-electron chi connectivity index (χ0n) is 17.4. The maximum atomic E-state index is 4.84. The molecule has 1 aliphatic heterocycles. The van der Waals surface area contributed by atoms with Crippen LogP contribution in [-0.2, 0) is 0 Å². The number of nitrogens with zero attached hydrogens (tertiary/aromatic N) is 3. The third-order valence-corrected chi connectivity index (χ3v) is 6.15. The molecule has 4 heteroatoms. The highest BCUT2D eigenvalue weighted by Gasteiger charge is 2.21. The van der Waals surface area contributed by atoms with Gasteiger partial charge in [0.2, 0.25) is 0 Å². The maximum absolute atomic E-state index is 4.84. The molecule has 0 bridgehead atoms. The van der Waals surface area contributed by atoms with Gasteiger partial charge in [-0.1, -0.05) is 55.8 Å². The van der Waals surface area contributed by atoms with E-state index in [-0.39, 0.29) is 0 Å². The molecule has 150 valence electrons. The number of anilines is 2. The zero-order chi connectivity index (χ0) is 20.4. The molecule has 0 spiro atoms. The van der Waals surface area contributed by atoms with Crippen LogP contribution in [-0.4, -0.2) is 31.2 Å². The first-order valence-corrected chi connectivity index (χ1v) is 11.1. The summed E-state index contributed by atoms with van der Waals surface area (Å²) in [6.07, 6.45) is 0. The van der Waals surface area contributed by atoms with Gasteiger partial charge in [-0.15, -0.1) is 0 Å². The first-order valence-electron chi connectivity index (χ1n) is 10.3. The van der Waals surface area contributed by atoms with Crippen molar-refractivity contribution in [3.8, 4) is 11.3 Å². The minimum Gasteiger partial charge on any atom is -0.368 e. The van der Waals surface area contributed by atoms with Crippen LogP contribution in [0.25, 0.3) is 11.3 Å². The number of piperazine rings is 1. The van der Waals surface area contributed by atoms with Gasteiger partial charge in [0.15, 0.2) is 0 Å². The quantitative estimate of drug-likeness (QED) is 0.437. The van der Waals surface area contributed by atoms with Crippen LogP contribution in [0.15, 0.2) is 65.3 Å². The third kappa shape index (κ3) is 4.48. The largest absolute Gasteiger partial charge is 0.368 e. The van der Waals surface area contributed by atoms with Crippen LogP contribution in [0.5, 0.6) is 0 Å². The average Bonchev–Trinajstić information content (AvgIpc) is 2.74. The van der Waals surface area contributed by atoms with Crippen molar-refractivity contribution in [3.63, 3.8) is 0 Å². The van der Waals surface area contributed by atoms with Crippen molar-refractivity contribution in [2.45, 2.75) is 26.7 Å². The molecule has 1 saturated heterocycles. The van der Waals surface area contributed by atoms with Gasteiger partial charge >= 0.3 is 0 Å². The van der Waals surface area contributed by atoms with E-state index in [1.165, 1.54) is 28.1 Å². The predicted molar refractivity (Wildman–Crippen MR) is 127 cm³/mol. The molecule has 3 aromatic rings. The third-order valence-electron chi connectivity index (χ3n) is 5.71. The van der Waals surface area contributed by atoms with Crippen molar-refractivity contribution in [1.29, 1.82) is 0 Å².